The van der Waals surface area contributed by atoms with Gasteiger partial charge in [0.05, 0.1) is 4.92 Å². The van der Waals surface area contributed by atoms with Gasteiger partial charge in [0, 0.05) is 61.8 Å². The number of amides is 1. The largest absolute Gasteiger partial charge is 0.364 e. The highest BCUT2D eigenvalue weighted by molar-refractivity contribution is 7.09. The second-order valence-electron chi connectivity index (χ2n) is 7.38. The van der Waals surface area contributed by atoms with Crippen LogP contribution in [0.5, 0.6) is 0 Å². The molecule has 4 rings (SSSR count). The maximum absolute atomic E-state index is 12.3. The van der Waals surface area contributed by atoms with Crippen LogP contribution in [0.1, 0.15) is 42.4 Å². The van der Waals surface area contributed by atoms with E-state index < -0.39 is 4.92 Å². The van der Waals surface area contributed by atoms with Gasteiger partial charge in [-0.3, -0.25) is 14.9 Å². The van der Waals surface area contributed by atoms with Gasteiger partial charge in [-0.15, -0.1) is 0 Å². The number of carbonyl (C=O) groups excluding carboxylic acids is 1. The zero-order chi connectivity index (χ0) is 20.4. The Morgan fingerprint density at radius 1 is 1.28 bits per heavy atom. The number of hydrogen-bond acceptors (Lipinski definition) is 8. The first kappa shape index (κ1) is 19.6. The molecule has 2 aliphatic rings. The molecular formula is C19H24N6O3S. The number of aromatic nitrogens is 2. The SMILES string of the molecule is CCc1nsc(N2CCCN(c3ccc(C(=O)NC4CC4)cc3[N+](=O)[O-])CC2)n1. The van der Waals surface area contributed by atoms with E-state index in [2.05, 4.69) is 19.6 Å². The first-order valence-corrected chi connectivity index (χ1v) is 10.7. The van der Waals surface area contributed by atoms with Crippen molar-refractivity contribution in [2.24, 2.45) is 0 Å². The van der Waals surface area contributed by atoms with Crippen LogP contribution in [0, 0.1) is 10.1 Å². The van der Waals surface area contributed by atoms with Crippen LogP contribution in [0.15, 0.2) is 18.2 Å². The molecule has 1 saturated heterocycles. The Balaban J connectivity index is 1.50. The topological polar surface area (TPSA) is 105 Å². The highest BCUT2D eigenvalue weighted by Crippen LogP contribution is 2.31. The molecule has 0 atom stereocenters. The highest BCUT2D eigenvalue weighted by atomic mass is 32.1. The maximum Gasteiger partial charge on any atom is 0.293 e. The van der Waals surface area contributed by atoms with Crippen LogP contribution < -0.4 is 15.1 Å². The van der Waals surface area contributed by atoms with Crippen LogP contribution in [0.25, 0.3) is 0 Å². The number of nitrogens with zero attached hydrogens (tertiary/aromatic N) is 5. The summed E-state index contributed by atoms with van der Waals surface area (Å²) in [6.07, 6.45) is 3.63. The number of aryl methyl sites for hydroxylation is 1. The highest BCUT2D eigenvalue weighted by Gasteiger charge is 2.27. The van der Waals surface area contributed by atoms with Crippen molar-refractivity contribution in [3.05, 3.63) is 39.7 Å². The Labute approximate surface area is 173 Å². The summed E-state index contributed by atoms with van der Waals surface area (Å²) in [4.78, 5) is 32.4. The minimum Gasteiger partial charge on any atom is -0.364 e. The van der Waals surface area contributed by atoms with E-state index in [1.54, 1.807) is 12.1 Å². The molecule has 154 valence electrons. The first-order valence-electron chi connectivity index (χ1n) is 9.97. The lowest BCUT2D eigenvalue weighted by molar-refractivity contribution is -0.384. The Bertz CT molecular complexity index is 913. The summed E-state index contributed by atoms with van der Waals surface area (Å²) >= 11 is 1.40. The van der Waals surface area contributed by atoms with E-state index in [1.807, 2.05) is 11.8 Å². The number of carbonyl (C=O) groups is 1. The fourth-order valence-electron chi connectivity index (χ4n) is 3.44. The summed E-state index contributed by atoms with van der Waals surface area (Å²) in [7, 11) is 0. The molecule has 0 radical (unpaired) electrons. The van der Waals surface area contributed by atoms with Crippen molar-refractivity contribution in [1.82, 2.24) is 14.7 Å². The molecular weight excluding hydrogens is 392 g/mol. The van der Waals surface area contributed by atoms with E-state index in [4.69, 9.17) is 0 Å². The fraction of sp³-hybridized carbons (Fsp3) is 0.526. The predicted molar refractivity (Wildman–Crippen MR) is 112 cm³/mol. The quantitative estimate of drug-likeness (QED) is 0.570. The Hall–Kier alpha value is -2.75. The fourth-order valence-corrected chi connectivity index (χ4v) is 4.24. The molecule has 1 aromatic heterocycles. The van der Waals surface area contributed by atoms with E-state index in [0.717, 1.165) is 49.7 Å². The molecule has 1 saturated carbocycles. The summed E-state index contributed by atoms with van der Waals surface area (Å²) in [5, 5.41) is 15.5. The molecule has 1 aliphatic heterocycles. The van der Waals surface area contributed by atoms with Crippen LogP contribution in [-0.2, 0) is 6.42 Å². The average molecular weight is 417 g/mol. The standard InChI is InChI=1S/C19H24N6O3S/c1-2-17-21-19(29-22-17)24-9-3-8-23(10-11-24)15-7-4-13(12-16(15)25(27)28)18(26)20-14-5-6-14/h4,7,12,14H,2-3,5-6,8-11H2,1H3,(H,20,26). The number of nitro groups is 1. The predicted octanol–water partition coefficient (Wildman–Crippen LogP) is 2.62. The maximum atomic E-state index is 12.3. The van der Waals surface area contributed by atoms with Gasteiger partial charge < -0.3 is 15.1 Å². The molecule has 29 heavy (non-hydrogen) atoms. The van der Waals surface area contributed by atoms with Crippen molar-refractivity contribution in [2.75, 3.05) is 36.0 Å². The van der Waals surface area contributed by atoms with Crippen LogP contribution in [-0.4, -0.2) is 52.4 Å². The number of benzene rings is 1. The third-order valence-electron chi connectivity index (χ3n) is 5.23. The zero-order valence-corrected chi connectivity index (χ0v) is 17.2. The number of hydrogen-bond donors (Lipinski definition) is 1. The summed E-state index contributed by atoms with van der Waals surface area (Å²) in [5.41, 5.74) is 0.877. The monoisotopic (exact) mass is 416 g/mol. The molecule has 2 aromatic rings. The van der Waals surface area contributed by atoms with Gasteiger partial charge in [0.15, 0.2) is 0 Å². The lowest BCUT2D eigenvalue weighted by Gasteiger charge is -2.23. The molecule has 10 heteroatoms. The van der Waals surface area contributed by atoms with Crippen molar-refractivity contribution in [2.45, 2.75) is 38.6 Å². The number of anilines is 2. The zero-order valence-electron chi connectivity index (χ0n) is 16.3. The van der Waals surface area contributed by atoms with Gasteiger partial charge in [-0.1, -0.05) is 6.92 Å². The summed E-state index contributed by atoms with van der Waals surface area (Å²) < 4.78 is 4.35. The van der Waals surface area contributed by atoms with Crippen molar-refractivity contribution >= 4 is 33.9 Å². The van der Waals surface area contributed by atoms with E-state index in [0.29, 0.717) is 24.3 Å². The molecule has 0 bridgehead atoms. The van der Waals surface area contributed by atoms with E-state index in [-0.39, 0.29) is 17.6 Å². The number of nitro benzene ring substituents is 1. The molecule has 1 N–H and O–H groups in total. The lowest BCUT2D eigenvalue weighted by atomic mass is 10.1. The molecule has 1 aromatic carbocycles. The second-order valence-corrected chi connectivity index (χ2v) is 8.11. The molecule has 1 aliphatic carbocycles. The van der Waals surface area contributed by atoms with Crippen LogP contribution in [0.2, 0.25) is 0 Å². The Morgan fingerprint density at radius 3 is 2.72 bits per heavy atom. The van der Waals surface area contributed by atoms with Gasteiger partial charge in [0.1, 0.15) is 11.5 Å². The lowest BCUT2D eigenvalue weighted by Crippen LogP contribution is -2.31. The van der Waals surface area contributed by atoms with Gasteiger partial charge >= 0.3 is 0 Å². The van der Waals surface area contributed by atoms with Crippen molar-refractivity contribution in [3.63, 3.8) is 0 Å². The average Bonchev–Trinajstić information content (AvgIpc) is 3.47. The van der Waals surface area contributed by atoms with Crippen LogP contribution in [0.4, 0.5) is 16.5 Å². The molecule has 1 amide bonds. The van der Waals surface area contributed by atoms with Gasteiger partial charge in [-0.05, 0) is 31.4 Å². The van der Waals surface area contributed by atoms with Crippen LogP contribution in [0.3, 0.4) is 0 Å². The first-order chi connectivity index (χ1) is 14.0. The second kappa shape index (κ2) is 8.32. The van der Waals surface area contributed by atoms with E-state index >= 15 is 0 Å². The normalized spacial score (nSPS) is 17.1. The summed E-state index contributed by atoms with van der Waals surface area (Å²) in [6.45, 7) is 4.95. The number of rotatable bonds is 6. The Morgan fingerprint density at radius 2 is 2.03 bits per heavy atom. The van der Waals surface area contributed by atoms with Gasteiger partial charge in [0.25, 0.3) is 11.6 Å². The molecule has 9 nitrogen and oxygen atoms in total. The summed E-state index contributed by atoms with van der Waals surface area (Å²) in [5.74, 6) is 0.606. The molecule has 2 fully saturated rings. The third kappa shape index (κ3) is 4.47. The van der Waals surface area contributed by atoms with Gasteiger partial charge in [-0.25, -0.2) is 4.98 Å². The smallest absolute Gasteiger partial charge is 0.293 e. The minimum absolute atomic E-state index is 0.0221. The van der Waals surface area contributed by atoms with Crippen molar-refractivity contribution in [1.29, 1.82) is 0 Å². The van der Waals surface area contributed by atoms with E-state index in [1.165, 1.54) is 17.6 Å². The van der Waals surface area contributed by atoms with Crippen molar-refractivity contribution < 1.29 is 9.72 Å². The van der Waals surface area contributed by atoms with Gasteiger partial charge in [0.2, 0.25) is 5.13 Å². The minimum atomic E-state index is -0.399. The molecule has 2 heterocycles. The van der Waals surface area contributed by atoms with Crippen LogP contribution >= 0.6 is 11.5 Å². The third-order valence-corrected chi connectivity index (χ3v) is 6.04. The molecule has 0 spiro atoms. The van der Waals surface area contributed by atoms with Gasteiger partial charge in [-0.2, -0.15) is 4.37 Å². The molecule has 0 unspecified atom stereocenters. The van der Waals surface area contributed by atoms with Crippen molar-refractivity contribution in [3.8, 4) is 0 Å². The van der Waals surface area contributed by atoms with E-state index in [9.17, 15) is 14.9 Å². The number of nitrogens with one attached hydrogen (secondary N) is 1. The Kier molecular flexibility index (Phi) is 5.61. The summed E-state index contributed by atoms with van der Waals surface area (Å²) in [6, 6.07) is 5.00.